The van der Waals surface area contributed by atoms with E-state index in [0.717, 1.165) is 17.9 Å². The molecule has 0 amide bonds. The topological polar surface area (TPSA) is 17.0 Å². The van der Waals surface area contributed by atoms with Crippen LogP contribution in [0.25, 0.3) is 10.9 Å². The summed E-state index contributed by atoms with van der Waals surface area (Å²) in [6.45, 7) is 3.73. The Balaban J connectivity index is 1.78. The lowest BCUT2D eigenvalue weighted by molar-refractivity contribution is 0.787. The van der Waals surface area contributed by atoms with Crippen LogP contribution in [0.1, 0.15) is 12.6 Å². The van der Waals surface area contributed by atoms with Crippen molar-refractivity contribution >= 4 is 16.6 Å². The van der Waals surface area contributed by atoms with Gasteiger partial charge in [0.25, 0.3) is 0 Å². The summed E-state index contributed by atoms with van der Waals surface area (Å²) in [6.07, 6.45) is 0. The number of nitrogens with one attached hydrogen (secondary N) is 1. The van der Waals surface area contributed by atoms with Crippen LogP contribution in [0.5, 0.6) is 0 Å². The van der Waals surface area contributed by atoms with Crippen LogP contribution in [0.2, 0.25) is 0 Å². The molecule has 0 aliphatic rings. The third kappa shape index (κ3) is 2.93. The molecule has 0 atom stereocenters. The second kappa shape index (κ2) is 6.19. The third-order valence-corrected chi connectivity index (χ3v) is 3.50. The summed E-state index contributed by atoms with van der Waals surface area (Å²) in [6, 6.07) is 20.7. The second-order valence-corrected chi connectivity index (χ2v) is 4.85. The summed E-state index contributed by atoms with van der Waals surface area (Å²) in [5.74, 6) is 6.48. The molecule has 2 aromatic carbocycles. The SMILES string of the molecule is CCn1c(C#CCNc2ccccc2)cc2ccccc21. The van der Waals surface area contributed by atoms with E-state index in [1.165, 1.54) is 10.9 Å². The van der Waals surface area contributed by atoms with Crippen LogP contribution in [0.4, 0.5) is 5.69 Å². The average molecular weight is 274 g/mol. The molecule has 0 saturated carbocycles. The fraction of sp³-hybridized carbons (Fsp3) is 0.158. The molecule has 2 nitrogen and oxygen atoms in total. The normalized spacial score (nSPS) is 10.1. The lowest BCUT2D eigenvalue weighted by Gasteiger charge is -2.02. The van der Waals surface area contributed by atoms with Gasteiger partial charge in [0.1, 0.15) is 0 Å². The van der Waals surface area contributed by atoms with Gasteiger partial charge in [-0.2, -0.15) is 0 Å². The Bertz CT molecular complexity index is 789. The molecule has 0 unspecified atom stereocenters. The highest BCUT2D eigenvalue weighted by Gasteiger charge is 2.03. The van der Waals surface area contributed by atoms with Gasteiger partial charge in [-0.05, 0) is 37.1 Å². The molecule has 104 valence electrons. The molecule has 0 fully saturated rings. The fourth-order valence-electron chi connectivity index (χ4n) is 2.49. The highest BCUT2D eigenvalue weighted by Crippen LogP contribution is 2.18. The van der Waals surface area contributed by atoms with Crippen LogP contribution in [-0.2, 0) is 6.54 Å². The Kier molecular flexibility index (Phi) is 3.93. The third-order valence-electron chi connectivity index (χ3n) is 3.50. The predicted octanol–water partition coefficient (Wildman–Crippen LogP) is 4.12. The zero-order chi connectivity index (χ0) is 14.5. The minimum Gasteiger partial charge on any atom is -0.374 e. The molecular formula is C19H18N2. The number of hydrogen-bond acceptors (Lipinski definition) is 1. The Hall–Kier alpha value is -2.66. The summed E-state index contributed by atoms with van der Waals surface area (Å²) < 4.78 is 2.25. The van der Waals surface area contributed by atoms with Gasteiger partial charge in [0.2, 0.25) is 0 Å². The first-order chi connectivity index (χ1) is 10.4. The van der Waals surface area contributed by atoms with Crippen molar-refractivity contribution in [3.63, 3.8) is 0 Å². The van der Waals surface area contributed by atoms with Crippen LogP contribution in [0, 0.1) is 11.8 Å². The molecule has 0 aliphatic heterocycles. The summed E-state index contributed by atoms with van der Waals surface area (Å²) >= 11 is 0. The molecule has 1 heterocycles. The Morgan fingerprint density at radius 3 is 2.57 bits per heavy atom. The maximum absolute atomic E-state index is 3.30. The Morgan fingerprint density at radius 1 is 1.00 bits per heavy atom. The summed E-state index contributed by atoms with van der Waals surface area (Å²) in [5.41, 5.74) is 3.43. The molecule has 3 aromatic rings. The lowest BCUT2D eigenvalue weighted by atomic mass is 10.2. The molecule has 0 spiro atoms. The molecule has 0 saturated heterocycles. The molecule has 0 bridgehead atoms. The van der Waals surface area contributed by atoms with Crippen LogP contribution >= 0.6 is 0 Å². The summed E-state index contributed by atoms with van der Waals surface area (Å²) in [7, 11) is 0. The summed E-state index contributed by atoms with van der Waals surface area (Å²) in [5, 5.41) is 4.55. The van der Waals surface area contributed by atoms with Crippen molar-refractivity contribution in [2.75, 3.05) is 11.9 Å². The molecule has 0 radical (unpaired) electrons. The second-order valence-electron chi connectivity index (χ2n) is 4.85. The van der Waals surface area contributed by atoms with Crippen molar-refractivity contribution in [1.29, 1.82) is 0 Å². The van der Waals surface area contributed by atoms with E-state index >= 15 is 0 Å². The van der Waals surface area contributed by atoms with Crippen LogP contribution < -0.4 is 5.32 Å². The van der Waals surface area contributed by atoms with Gasteiger partial charge in [-0.1, -0.05) is 42.3 Å². The van der Waals surface area contributed by atoms with Crippen molar-refractivity contribution in [2.24, 2.45) is 0 Å². The van der Waals surface area contributed by atoms with Crippen molar-refractivity contribution in [1.82, 2.24) is 4.57 Å². The minimum absolute atomic E-state index is 0.648. The smallest absolute Gasteiger partial charge is 0.0931 e. The maximum atomic E-state index is 3.30. The molecule has 1 N–H and O–H groups in total. The number of para-hydroxylation sites is 2. The monoisotopic (exact) mass is 274 g/mol. The Morgan fingerprint density at radius 2 is 1.76 bits per heavy atom. The van der Waals surface area contributed by atoms with Gasteiger partial charge in [0.05, 0.1) is 12.2 Å². The van der Waals surface area contributed by atoms with E-state index in [2.05, 4.69) is 59.0 Å². The molecular weight excluding hydrogens is 256 g/mol. The number of rotatable bonds is 3. The molecule has 1 aromatic heterocycles. The van der Waals surface area contributed by atoms with Crippen molar-refractivity contribution < 1.29 is 0 Å². The Labute approximate surface area is 125 Å². The number of benzene rings is 2. The number of fused-ring (bicyclic) bond motifs is 1. The van der Waals surface area contributed by atoms with Gasteiger partial charge in [-0.25, -0.2) is 0 Å². The number of nitrogens with zero attached hydrogens (tertiary/aromatic N) is 1. The minimum atomic E-state index is 0.648. The van der Waals surface area contributed by atoms with Gasteiger partial charge in [0, 0.05) is 23.1 Å². The largest absolute Gasteiger partial charge is 0.374 e. The molecule has 0 aliphatic carbocycles. The molecule has 3 rings (SSSR count). The van der Waals surface area contributed by atoms with E-state index in [4.69, 9.17) is 0 Å². The van der Waals surface area contributed by atoms with E-state index in [1.807, 2.05) is 30.3 Å². The van der Waals surface area contributed by atoms with Crippen LogP contribution in [0.15, 0.2) is 60.7 Å². The first kappa shape index (κ1) is 13.3. The first-order valence-corrected chi connectivity index (χ1v) is 7.24. The van der Waals surface area contributed by atoms with Gasteiger partial charge >= 0.3 is 0 Å². The zero-order valence-electron chi connectivity index (χ0n) is 12.1. The van der Waals surface area contributed by atoms with Gasteiger partial charge < -0.3 is 9.88 Å². The van der Waals surface area contributed by atoms with E-state index in [1.54, 1.807) is 0 Å². The van der Waals surface area contributed by atoms with Gasteiger partial charge in [-0.15, -0.1) is 0 Å². The van der Waals surface area contributed by atoms with Crippen LogP contribution in [0.3, 0.4) is 0 Å². The lowest BCUT2D eigenvalue weighted by Crippen LogP contribution is -1.99. The fourth-order valence-corrected chi connectivity index (χ4v) is 2.49. The van der Waals surface area contributed by atoms with Crippen molar-refractivity contribution in [2.45, 2.75) is 13.5 Å². The molecule has 21 heavy (non-hydrogen) atoms. The van der Waals surface area contributed by atoms with Crippen LogP contribution in [-0.4, -0.2) is 11.1 Å². The highest BCUT2D eigenvalue weighted by molar-refractivity contribution is 5.82. The predicted molar refractivity (Wildman–Crippen MR) is 89.4 cm³/mol. The van der Waals surface area contributed by atoms with Crippen molar-refractivity contribution in [3.8, 4) is 11.8 Å². The standard InChI is InChI=1S/C19H18N2/c1-2-21-18(15-16-9-6-7-13-19(16)21)12-8-14-20-17-10-4-3-5-11-17/h3-7,9-11,13,15,20H,2,14H2,1H3. The van der Waals surface area contributed by atoms with E-state index in [0.29, 0.717) is 6.54 Å². The first-order valence-electron chi connectivity index (χ1n) is 7.24. The molecule has 2 heteroatoms. The maximum Gasteiger partial charge on any atom is 0.0931 e. The summed E-state index contributed by atoms with van der Waals surface area (Å²) in [4.78, 5) is 0. The van der Waals surface area contributed by atoms with E-state index in [-0.39, 0.29) is 0 Å². The highest BCUT2D eigenvalue weighted by atomic mass is 15.0. The number of hydrogen-bond donors (Lipinski definition) is 1. The van der Waals surface area contributed by atoms with E-state index in [9.17, 15) is 0 Å². The average Bonchev–Trinajstić information content (AvgIpc) is 2.90. The number of aromatic nitrogens is 1. The van der Waals surface area contributed by atoms with Gasteiger partial charge in [0.15, 0.2) is 0 Å². The number of aryl methyl sites for hydroxylation is 1. The number of anilines is 1. The van der Waals surface area contributed by atoms with E-state index < -0.39 is 0 Å². The van der Waals surface area contributed by atoms with Gasteiger partial charge in [-0.3, -0.25) is 0 Å². The quantitative estimate of drug-likeness (QED) is 0.711. The van der Waals surface area contributed by atoms with Crippen molar-refractivity contribution in [3.05, 3.63) is 66.4 Å². The zero-order valence-corrected chi connectivity index (χ0v) is 12.1.